The minimum absolute atomic E-state index is 0. The predicted octanol–water partition coefficient (Wildman–Crippen LogP) is -2.12. The Morgan fingerprint density at radius 2 is 1.19 bits per heavy atom. The average molecular weight is 458 g/mol. The Bertz CT molecular complexity index is 1010. The summed E-state index contributed by atoms with van der Waals surface area (Å²) in [5.74, 6) is -5.03. The van der Waals surface area contributed by atoms with E-state index in [1.54, 1.807) is 0 Å². The van der Waals surface area contributed by atoms with Crippen LogP contribution in [0.3, 0.4) is 0 Å². The fraction of sp³-hybridized carbons (Fsp3) is 0.333. The molecule has 144 valence electrons. The molecule has 17 heteroatoms. The number of hydrogen-bond donors (Lipinski definition) is 0. The summed E-state index contributed by atoms with van der Waals surface area (Å²) >= 11 is 0. The molecular weight excluding hydrogens is 453 g/mol. The Hall–Kier alpha value is -0.390. The summed E-state index contributed by atoms with van der Waals surface area (Å²) in [6.07, 6.45) is 0.405. The smallest absolute Gasteiger partial charge is 0.743 e. The third-order valence-electron chi connectivity index (χ3n) is 2.66. The van der Waals surface area contributed by atoms with Crippen LogP contribution in [0.4, 0.5) is 26.3 Å². The van der Waals surface area contributed by atoms with Gasteiger partial charge in [0.15, 0.2) is 20.0 Å². The maximum Gasteiger partial charge on any atom is 1.00 e. The first-order valence-electron chi connectivity index (χ1n) is 5.43. The number of alkyl halides is 4. The zero-order chi connectivity index (χ0) is 20.2. The Morgan fingerprint density at radius 3 is 1.46 bits per heavy atom. The molecule has 0 radical (unpaired) electrons. The van der Waals surface area contributed by atoms with Gasteiger partial charge in [-0.25, -0.2) is 34.0 Å². The molecule has 1 aromatic carbocycles. The molecule has 0 unspecified atom stereocenters. The minimum atomic E-state index is -7.26. The van der Waals surface area contributed by atoms with Gasteiger partial charge in [0.1, 0.15) is 16.5 Å². The molecule has 0 N–H and O–H groups in total. The van der Waals surface area contributed by atoms with Gasteiger partial charge < -0.3 is 4.55 Å². The van der Waals surface area contributed by atoms with Gasteiger partial charge in [-0.05, 0) is 12.1 Å². The van der Waals surface area contributed by atoms with E-state index in [0.29, 0.717) is 6.26 Å². The van der Waals surface area contributed by atoms with Gasteiger partial charge in [-0.2, -0.15) is 17.6 Å². The first-order valence-corrected chi connectivity index (χ1v) is 10.2. The van der Waals surface area contributed by atoms with Crippen LogP contribution in [0.1, 0.15) is 0 Å². The number of hydrogen-bond acceptors (Lipinski definition) is 7. The number of rotatable bonds is 5. The quantitative estimate of drug-likeness (QED) is 0.281. The standard InChI is InChI=1S/C9H6F6O7S3.Na/c1-23(16,17)4-2-5(10)7(6(11)3-4)24(18,19)8(12,13)9(14,15)25(20,21)22;/h2-3H,1H3,(H,20,21,22);/q;+1/p-1. The molecule has 0 amide bonds. The summed E-state index contributed by atoms with van der Waals surface area (Å²) in [7, 11) is -18.7. The molecule has 0 aliphatic heterocycles. The SMILES string of the molecule is CS(=O)(=O)c1cc(F)c(S(=O)(=O)C(F)(F)C(F)(F)S(=O)(=O)[O-])c(F)c1.[Na+]. The van der Waals surface area contributed by atoms with Crippen molar-refractivity contribution in [1.82, 2.24) is 0 Å². The molecule has 0 aromatic heterocycles. The van der Waals surface area contributed by atoms with E-state index in [1.165, 1.54) is 0 Å². The number of benzene rings is 1. The van der Waals surface area contributed by atoms with Crippen molar-refractivity contribution in [2.45, 2.75) is 20.3 Å². The van der Waals surface area contributed by atoms with Gasteiger partial charge in [0, 0.05) is 6.26 Å². The van der Waals surface area contributed by atoms with Gasteiger partial charge in [0.2, 0.25) is 0 Å². The molecule has 0 aliphatic rings. The molecule has 0 atom stereocenters. The maximum absolute atomic E-state index is 13.7. The summed E-state index contributed by atoms with van der Waals surface area (Å²) in [6, 6.07) is -0.517. The van der Waals surface area contributed by atoms with Crippen LogP contribution < -0.4 is 29.6 Å². The zero-order valence-corrected chi connectivity index (χ0v) is 17.0. The Morgan fingerprint density at radius 1 is 0.846 bits per heavy atom. The normalized spacial score (nSPS) is 14.0. The van der Waals surface area contributed by atoms with Gasteiger partial charge in [0.25, 0.3) is 9.84 Å². The summed E-state index contributed by atoms with van der Waals surface area (Å²) < 4.78 is 156. The van der Waals surface area contributed by atoms with Crippen LogP contribution >= 0.6 is 0 Å². The molecule has 0 spiro atoms. The van der Waals surface area contributed by atoms with Crippen LogP contribution in [-0.4, -0.2) is 46.6 Å². The molecule has 0 aliphatic carbocycles. The van der Waals surface area contributed by atoms with Crippen LogP contribution in [0.5, 0.6) is 0 Å². The summed E-state index contributed by atoms with van der Waals surface area (Å²) in [6.45, 7) is 0. The van der Waals surface area contributed by atoms with Gasteiger partial charge >= 0.3 is 40.1 Å². The van der Waals surface area contributed by atoms with Gasteiger partial charge in [-0.15, -0.1) is 0 Å². The second-order valence-corrected chi connectivity index (χ2v) is 9.84. The average Bonchev–Trinajstić information content (AvgIpc) is 2.34. The van der Waals surface area contributed by atoms with E-state index in [0.717, 1.165) is 0 Å². The van der Waals surface area contributed by atoms with Crippen molar-refractivity contribution in [2.24, 2.45) is 0 Å². The van der Waals surface area contributed by atoms with Crippen LogP contribution in [0.2, 0.25) is 0 Å². The van der Waals surface area contributed by atoms with Gasteiger partial charge in [-0.1, -0.05) is 0 Å². The molecular formula is C9H5F6NaO7S3. The largest absolute Gasteiger partial charge is 1.00 e. The van der Waals surface area contributed by atoms with E-state index in [1.807, 2.05) is 0 Å². The van der Waals surface area contributed by atoms with Crippen molar-refractivity contribution < 1.29 is 85.7 Å². The fourth-order valence-corrected chi connectivity index (χ4v) is 4.20. The Labute approximate surface area is 165 Å². The molecule has 7 nitrogen and oxygen atoms in total. The third-order valence-corrected chi connectivity index (χ3v) is 6.62. The molecule has 0 bridgehead atoms. The van der Waals surface area contributed by atoms with E-state index in [-0.39, 0.29) is 41.7 Å². The van der Waals surface area contributed by atoms with Crippen molar-refractivity contribution in [3.63, 3.8) is 0 Å². The van der Waals surface area contributed by atoms with Crippen LogP contribution in [0.15, 0.2) is 21.9 Å². The topological polar surface area (TPSA) is 125 Å². The molecule has 0 fully saturated rings. The van der Waals surface area contributed by atoms with E-state index in [4.69, 9.17) is 0 Å². The molecule has 0 saturated carbocycles. The maximum atomic E-state index is 13.7. The van der Waals surface area contributed by atoms with Crippen molar-refractivity contribution in [3.05, 3.63) is 23.8 Å². The van der Waals surface area contributed by atoms with Crippen LogP contribution in [0, 0.1) is 11.6 Å². The van der Waals surface area contributed by atoms with Crippen molar-refractivity contribution in [1.29, 1.82) is 0 Å². The molecule has 1 rings (SSSR count). The van der Waals surface area contributed by atoms with Crippen LogP contribution in [0.25, 0.3) is 0 Å². The van der Waals surface area contributed by atoms with E-state index < -0.39 is 61.7 Å². The third kappa shape index (κ3) is 4.05. The first kappa shape index (κ1) is 25.6. The van der Waals surface area contributed by atoms with Crippen LogP contribution in [-0.2, 0) is 29.8 Å². The molecule has 0 saturated heterocycles. The summed E-state index contributed by atoms with van der Waals surface area (Å²) in [5.41, 5.74) is 0. The van der Waals surface area contributed by atoms with Gasteiger partial charge in [-0.3, -0.25) is 0 Å². The summed E-state index contributed by atoms with van der Waals surface area (Å²) in [5, 5.41) is -13.5. The van der Waals surface area contributed by atoms with Crippen molar-refractivity contribution in [3.8, 4) is 0 Å². The fourth-order valence-electron chi connectivity index (χ4n) is 1.44. The van der Waals surface area contributed by atoms with Crippen molar-refractivity contribution >= 4 is 29.8 Å². The van der Waals surface area contributed by atoms with E-state index >= 15 is 0 Å². The zero-order valence-electron chi connectivity index (χ0n) is 12.5. The van der Waals surface area contributed by atoms with E-state index in [2.05, 4.69) is 0 Å². The molecule has 1 aromatic rings. The number of halogens is 6. The Balaban J connectivity index is 0.00000625. The Kier molecular flexibility index (Phi) is 7.11. The van der Waals surface area contributed by atoms with E-state index in [9.17, 15) is 56.1 Å². The summed E-state index contributed by atoms with van der Waals surface area (Å²) in [4.78, 5) is -3.94. The second-order valence-electron chi connectivity index (χ2n) is 4.48. The molecule has 26 heavy (non-hydrogen) atoms. The number of sulfone groups is 2. The molecule has 0 heterocycles. The monoisotopic (exact) mass is 458 g/mol. The minimum Gasteiger partial charge on any atom is -0.743 e. The van der Waals surface area contributed by atoms with Gasteiger partial charge in [0.05, 0.1) is 4.90 Å². The first-order chi connectivity index (χ1) is 10.8. The predicted molar refractivity (Wildman–Crippen MR) is 66.2 cm³/mol. The second kappa shape index (κ2) is 7.21. The van der Waals surface area contributed by atoms with Crippen molar-refractivity contribution in [2.75, 3.05) is 6.26 Å².